The lowest BCUT2D eigenvalue weighted by atomic mass is 10.1. The Balaban J connectivity index is 2.05. The molecule has 0 amide bonds. The van der Waals surface area contributed by atoms with Crippen molar-refractivity contribution in [3.05, 3.63) is 47.5 Å². The van der Waals surface area contributed by atoms with Gasteiger partial charge in [-0.15, -0.1) is 0 Å². The summed E-state index contributed by atoms with van der Waals surface area (Å²) in [6.45, 7) is 4.18. The molecule has 0 N–H and O–H groups in total. The molecule has 0 saturated carbocycles. The minimum Gasteiger partial charge on any atom is -0.436 e. The molecule has 0 unspecified atom stereocenters. The highest BCUT2D eigenvalue weighted by molar-refractivity contribution is 5.78. The number of anilines is 1. The maximum atomic E-state index is 5.87. The first-order valence-corrected chi connectivity index (χ1v) is 6.70. The summed E-state index contributed by atoms with van der Waals surface area (Å²) < 4.78 is 5.87. The molecule has 20 heavy (non-hydrogen) atoms. The SMILES string of the molecule is Cc1cc2nc(-c3ccc(N(C)C)cc3)oc2cc1C. The Morgan fingerprint density at radius 1 is 0.950 bits per heavy atom. The van der Waals surface area contributed by atoms with Crippen molar-refractivity contribution in [1.29, 1.82) is 0 Å². The van der Waals surface area contributed by atoms with E-state index >= 15 is 0 Å². The Bertz CT molecular complexity index is 716. The molecular weight excluding hydrogens is 248 g/mol. The Kier molecular flexibility index (Phi) is 2.97. The Morgan fingerprint density at radius 3 is 2.25 bits per heavy atom. The quantitative estimate of drug-likeness (QED) is 0.697. The average Bonchev–Trinajstić information content (AvgIpc) is 2.82. The van der Waals surface area contributed by atoms with Gasteiger partial charge in [-0.25, -0.2) is 4.98 Å². The molecular formula is C17H18N2O. The number of benzene rings is 2. The molecule has 0 bridgehead atoms. The zero-order valence-electron chi connectivity index (χ0n) is 12.3. The Morgan fingerprint density at radius 2 is 1.60 bits per heavy atom. The first-order valence-electron chi connectivity index (χ1n) is 6.70. The van der Waals surface area contributed by atoms with Crippen LogP contribution in [-0.4, -0.2) is 19.1 Å². The molecule has 0 aliphatic carbocycles. The predicted molar refractivity (Wildman–Crippen MR) is 83.2 cm³/mol. The van der Waals surface area contributed by atoms with Gasteiger partial charge >= 0.3 is 0 Å². The molecule has 102 valence electrons. The van der Waals surface area contributed by atoms with Gasteiger partial charge in [-0.2, -0.15) is 0 Å². The lowest BCUT2D eigenvalue weighted by Gasteiger charge is -2.11. The van der Waals surface area contributed by atoms with Gasteiger partial charge in [-0.1, -0.05) is 0 Å². The fourth-order valence-corrected chi connectivity index (χ4v) is 2.21. The van der Waals surface area contributed by atoms with Crippen LogP contribution in [0.2, 0.25) is 0 Å². The van der Waals surface area contributed by atoms with E-state index in [2.05, 4.69) is 48.0 Å². The standard InChI is InChI=1S/C17H18N2O/c1-11-9-15-16(10-12(11)2)20-17(18-15)13-5-7-14(8-6-13)19(3)4/h5-10H,1-4H3. The van der Waals surface area contributed by atoms with Crippen LogP contribution in [0.15, 0.2) is 40.8 Å². The minimum atomic E-state index is 0.676. The van der Waals surface area contributed by atoms with Gasteiger partial charge < -0.3 is 9.32 Å². The summed E-state index contributed by atoms with van der Waals surface area (Å²) in [6, 6.07) is 12.3. The minimum absolute atomic E-state index is 0.676. The van der Waals surface area contributed by atoms with E-state index in [0.29, 0.717) is 5.89 Å². The lowest BCUT2D eigenvalue weighted by Crippen LogP contribution is -2.07. The van der Waals surface area contributed by atoms with Crippen molar-refractivity contribution >= 4 is 16.8 Å². The van der Waals surface area contributed by atoms with E-state index in [0.717, 1.165) is 22.4 Å². The van der Waals surface area contributed by atoms with Crippen LogP contribution >= 0.6 is 0 Å². The molecule has 3 heteroatoms. The van der Waals surface area contributed by atoms with Crippen molar-refractivity contribution in [3.8, 4) is 11.5 Å². The predicted octanol–water partition coefficient (Wildman–Crippen LogP) is 4.18. The zero-order chi connectivity index (χ0) is 14.3. The normalized spacial score (nSPS) is 11.0. The van der Waals surface area contributed by atoms with Crippen LogP contribution in [0.4, 0.5) is 5.69 Å². The third-order valence-electron chi connectivity index (χ3n) is 3.63. The van der Waals surface area contributed by atoms with Crippen LogP contribution in [-0.2, 0) is 0 Å². The highest BCUT2D eigenvalue weighted by Gasteiger charge is 2.09. The summed E-state index contributed by atoms with van der Waals surface area (Å²) >= 11 is 0. The summed E-state index contributed by atoms with van der Waals surface area (Å²) in [4.78, 5) is 6.65. The molecule has 3 rings (SSSR count). The van der Waals surface area contributed by atoms with Gasteiger partial charge in [0.1, 0.15) is 5.52 Å². The van der Waals surface area contributed by atoms with Crippen LogP contribution < -0.4 is 4.90 Å². The molecule has 2 aromatic carbocycles. The van der Waals surface area contributed by atoms with Gasteiger partial charge in [0.2, 0.25) is 5.89 Å². The van der Waals surface area contributed by atoms with E-state index in [1.165, 1.54) is 11.1 Å². The lowest BCUT2D eigenvalue weighted by molar-refractivity contribution is 0.619. The molecule has 0 atom stereocenters. The zero-order valence-corrected chi connectivity index (χ0v) is 12.3. The molecule has 3 nitrogen and oxygen atoms in total. The molecule has 0 spiro atoms. The van der Waals surface area contributed by atoms with Gasteiger partial charge in [-0.05, 0) is 61.4 Å². The molecule has 1 heterocycles. The molecule has 1 aromatic heterocycles. The van der Waals surface area contributed by atoms with E-state index in [4.69, 9.17) is 4.42 Å². The molecule has 0 fully saturated rings. The number of aryl methyl sites for hydroxylation is 2. The fourth-order valence-electron chi connectivity index (χ4n) is 2.21. The monoisotopic (exact) mass is 266 g/mol. The second-order valence-electron chi connectivity index (χ2n) is 5.36. The number of rotatable bonds is 2. The smallest absolute Gasteiger partial charge is 0.227 e. The number of nitrogens with zero attached hydrogens (tertiary/aromatic N) is 2. The van der Waals surface area contributed by atoms with E-state index in [1.807, 2.05) is 26.2 Å². The molecule has 0 saturated heterocycles. The van der Waals surface area contributed by atoms with Crippen molar-refractivity contribution in [2.75, 3.05) is 19.0 Å². The highest BCUT2D eigenvalue weighted by atomic mass is 16.3. The summed E-state index contributed by atoms with van der Waals surface area (Å²) in [5.41, 5.74) is 6.39. The van der Waals surface area contributed by atoms with Crippen molar-refractivity contribution in [2.45, 2.75) is 13.8 Å². The number of hydrogen-bond donors (Lipinski definition) is 0. The van der Waals surface area contributed by atoms with Crippen molar-refractivity contribution < 1.29 is 4.42 Å². The topological polar surface area (TPSA) is 29.3 Å². The van der Waals surface area contributed by atoms with Crippen LogP contribution in [0.1, 0.15) is 11.1 Å². The Labute approximate surface area is 118 Å². The summed E-state index contributed by atoms with van der Waals surface area (Å²) in [6.07, 6.45) is 0. The van der Waals surface area contributed by atoms with Gasteiger partial charge in [0, 0.05) is 25.3 Å². The van der Waals surface area contributed by atoms with E-state index in [9.17, 15) is 0 Å². The first-order chi connectivity index (χ1) is 9.54. The van der Waals surface area contributed by atoms with Crippen LogP contribution in [0.3, 0.4) is 0 Å². The maximum Gasteiger partial charge on any atom is 0.227 e. The van der Waals surface area contributed by atoms with Gasteiger partial charge in [-0.3, -0.25) is 0 Å². The van der Waals surface area contributed by atoms with Gasteiger partial charge in [0.05, 0.1) is 0 Å². The van der Waals surface area contributed by atoms with Crippen LogP contribution in [0.5, 0.6) is 0 Å². The van der Waals surface area contributed by atoms with Gasteiger partial charge in [0.25, 0.3) is 0 Å². The average molecular weight is 266 g/mol. The van der Waals surface area contributed by atoms with Crippen molar-refractivity contribution in [2.24, 2.45) is 0 Å². The molecule has 0 radical (unpaired) electrons. The largest absolute Gasteiger partial charge is 0.436 e. The first kappa shape index (κ1) is 12.7. The van der Waals surface area contributed by atoms with Crippen molar-refractivity contribution in [1.82, 2.24) is 4.98 Å². The number of aromatic nitrogens is 1. The molecule has 3 aromatic rings. The summed E-state index contributed by atoms with van der Waals surface area (Å²) in [5.74, 6) is 0.676. The fraction of sp³-hybridized carbons (Fsp3) is 0.235. The second-order valence-corrected chi connectivity index (χ2v) is 5.36. The maximum absolute atomic E-state index is 5.87. The number of hydrogen-bond acceptors (Lipinski definition) is 3. The van der Waals surface area contributed by atoms with E-state index in [-0.39, 0.29) is 0 Å². The highest BCUT2D eigenvalue weighted by Crippen LogP contribution is 2.27. The van der Waals surface area contributed by atoms with Gasteiger partial charge in [0.15, 0.2) is 5.58 Å². The van der Waals surface area contributed by atoms with Crippen molar-refractivity contribution in [3.63, 3.8) is 0 Å². The second kappa shape index (κ2) is 4.67. The van der Waals surface area contributed by atoms with Crippen LogP contribution in [0, 0.1) is 13.8 Å². The summed E-state index contributed by atoms with van der Waals surface area (Å²) in [5, 5.41) is 0. The molecule has 0 aliphatic heterocycles. The van der Waals surface area contributed by atoms with E-state index in [1.54, 1.807) is 0 Å². The summed E-state index contributed by atoms with van der Waals surface area (Å²) in [7, 11) is 4.06. The Hall–Kier alpha value is -2.29. The third-order valence-corrected chi connectivity index (χ3v) is 3.63. The van der Waals surface area contributed by atoms with E-state index < -0.39 is 0 Å². The third kappa shape index (κ3) is 2.16. The molecule has 0 aliphatic rings. The number of fused-ring (bicyclic) bond motifs is 1. The number of oxazole rings is 1. The van der Waals surface area contributed by atoms with Crippen LogP contribution in [0.25, 0.3) is 22.6 Å².